The number of benzene rings is 1. The number of carbonyl (C=O) groups is 1. The molecule has 0 aliphatic carbocycles. The van der Waals surface area contributed by atoms with E-state index in [1.807, 2.05) is 42.3 Å². The van der Waals surface area contributed by atoms with Gasteiger partial charge in [-0.25, -0.2) is 0 Å². The summed E-state index contributed by atoms with van der Waals surface area (Å²) in [4.78, 5) is 14.4. The highest BCUT2D eigenvalue weighted by molar-refractivity contribution is 5.76. The Labute approximate surface area is 148 Å². The zero-order chi connectivity index (χ0) is 17.6. The van der Waals surface area contributed by atoms with Crippen LogP contribution >= 0.6 is 0 Å². The van der Waals surface area contributed by atoms with E-state index in [1.165, 1.54) is 0 Å². The largest absolute Gasteiger partial charge is 0.497 e. The number of hydrogen-bond acceptors (Lipinski definition) is 4. The van der Waals surface area contributed by atoms with E-state index >= 15 is 0 Å². The van der Waals surface area contributed by atoms with Crippen LogP contribution in [0.3, 0.4) is 0 Å². The molecule has 1 saturated heterocycles. The van der Waals surface area contributed by atoms with Crippen molar-refractivity contribution in [2.24, 2.45) is 5.92 Å². The summed E-state index contributed by atoms with van der Waals surface area (Å²) in [5.41, 5.74) is 1.07. The van der Waals surface area contributed by atoms with Gasteiger partial charge in [-0.2, -0.15) is 5.10 Å². The van der Waals surface area contributed by atoms with Crippen molar-refractivity contribution in [3.63, 3.8) is 0 Å². The molecule has 25 heavy (non-hydrogen) atoms. The van der Waals surface area contributed by atoms with Gasteiger partial charge in [-0.15, -0.1) is 0 Å². The van der Waals surface area contributed by atoms with Crippen molar-refractivity contribution in [2.75, 3.05) is 26.8 Å². The average molecular weight is 343 g/mol. The molecule has 6 heteroatoms. The highest BCUT2D eigenvalue weighted by Gasteiger charge is 2.24. The summed E-state index contributed by atoms with van der Waals surface area (Å²) >= 11 is 0. The van der Waals surface area contributed by atoms with E-state index in [0.29, 0.717) is 19.1 Å². The number of nitrogens with zero attached hydrogens (tertiary/aromatic N) is 3. The maximum atomic E-state index is 12.5. The Bertz CT molecular complexity index is 696. The van der Waals surface area contributed by atoms with Crippen molar-refractivity contribution >= 4 is 5.91 Å². The molecule has 0 unspecified atom stereocenters. The van der Waals surface area contributed by atoms with E-state index in [4.69, 9.17) is 9.47 Å². The van der Waals surface area contributed by atoms with E-state index in [-0.39, 0.29) is 5.91 Å². The highest BCUT2D eigenvalue weighted by atomic mass is 16.5. The molecular weight excluding hydrogens is 318 g/mol. The molecule has 1 aromatic carbocycles. The lowest BCUT2D eigenvalue weighted by Gasteiger charge is -2.32. The van der Waals surface area contributed by atoms with Gasteiger partial charge in [-0.3, -0.25) is 9.48 Å². The first-order valence-electron chi connectivity index (χ1n) is 8.67. The smallest absolute Gasteiger partial charge is 0.244 e. The minimum absolute atomic E-state index is 0.122. The van der Waals surface area contributed by atoms with E-state index in [9.17, 15) is 4.79 Å². The molecule has 1 aromatic heterocycles. The van der Waals surface area contributed by atoms with Gasteiger partial charge in [-0.1, -0.05) is 0 Å². The minimum Gasteiger partial charge on any atom is -0.497 e. The molecule has 1 amide bonds. The Morgan fingerprint density at radius 3 is 2.72 bits per heavy atom. The second-order valence-corrected chi connectivity index (χ2v) is 6.55. The first-order chi connectivity index (χ1) is 12.1. The van der Waals surface area contributed by atoms with Crippen molar-refractivity contribution in [3.05, 3.63) is 42.2 Å². The predicted molar refractivity (Wildman–Crippen MR) is 94.8 cm³/mol. The predicted octanol–water partition coefficient (Wildman–Crippen LogP) is 2.52. The number of amides is 1. The fraction of sp³-hybridized carbons (Fsp3) is 0.474. The van der Waals surface area contributed by atoms with E-state index in [2.05, 4.69) is 5.10 Å². The van der Waals surface area contributed by atoms with Crippen LogP contribution in [0.4, 0.5) is 0 Å². The zero-order valence-corrected chi connectivity index (χ0v) is 14.9. The van der Waals surface area contributed by atoms with Crippen molar-refractivity contribution in [1.82, 2.24) is 14.7 Å². The Morgan fingerprint density at radius 2 is 2.04 bits per heavy atom. The number of ether oxygens (including phenoxy) is 2. The van der Waals surface area contributed by atoms with E-state index in [1.54, 1.807) is 18.0 Å². The molecule has 0 spiro atoms. The van der Waals surface area contributed by atoms with Crippen LogP contribution in [0, 0.1) is 12.8 Å². The van der Waals surface area contributed by atoms with Gasteiger partial charge in [0, 0.05) is 25.2 Å². The van der Waals surface area contributed by atoms with Crippen molar-refractivity contribution in [2.45, 2.75) is 26.3 Å². The van der Waals surface area contributed by atoms with Crippen LogP contribution in [-0.4, -0.2) is 47.4 Å². The van der Waals surface area contributed by atoms with Gasteiger partial charge < -0.3 is 14.4 Å². The lowest BCUT2D eigenvalue weighted by Crippen LogP contribution is -2.43. The molecular formula is C19H25N3O3. The maximum absolute atomic E-state index is 12.5. The third kappa shape index (κ3) is 4.75. The fourth-order valence-corrected chi connectivity index (χ4v) is 3.11. The van der Waals surface area contributed by atoms with Crippen molar-refractivity contribution in [3.8, 4) is 11.5 Å². The van der Waals surface area contributed by atoms with E-state index in [0.717, 1.165) is 43.0 Å². The second-order valence-electron chi connectivity index (χ2n) is 6.55. The van der Waals surface area contributed by atoms with Crippen LogP contribution in [0.5, 0.6) is 11.5 Å². The quantitative estimate of drug-likeness (QED) is 0.809. The standard InChI is InChI=1S/C19H25N3O3/c1-15-10-20-22(11-15)13-19(23)21-9-3-4-16(12-21)14-25-18-7-5-17(24-2)6-8-18/h5-8,10-11,16H,3-4,9,12-14H2,1-2H3/t16-/m0/s1. The Hall–Kier alpha value is -2.50. The lowest BCUT2D eigenvalue weighted by molar-refractivity contribution is -0.134. The van der Waals surface area contributed by atoms with Crippen LogP contribution < -0.4 is 9.47 Å². The van der Waals surface area contributed by atoms with Gasteiger partial charge in [0.2, 0.25) is 5.91 Å². The summed E-state index contributed by atoms with van der Waals surface area (Å²) in [5, 5.41) is 4.19. The number of aromatic nitrogens is 2. The number of likely N-dealkylation sites (tertiary alicyclic amines) is 1. The van der Waals surface area contributed by atoms with Gasteiger partial charge in [0.1, 0.15) is 18.0 Å². The van der Waals surface area contributed by atoms with Crippen molar-refractivity contribution in [1.29, 1.82) is 0 Å². The van der Waals surface area contributed by atoms with Crippen LogP contribution in [0.1, 0.15) is 18.4 Å². The molecule has 1 aliphatic heterocycles. The van der Waals surface area contributed by atoms with Crippen LogP contribution in [-0.2, 0) is 11.3 Å². The molecule has 1 fully saturated rings. The summed E-state index contributed by atoms with van der Waals surface area (Å²) in [6, 6.07) is 7.59. The summed E-state index contributed by atoms with van der Waals surface area (Å²) in [7, 11) is 1.65. The third-order valence-electron chi connectivity index (χ3n) is 4.48. The third-order valence-corrected chi connectivity index (χ3v) is 4.48. The molecule has 6 nitrogen and oxygen atoms in total. The van der Waals surface area contributed by atoms with Crippen LogP contribution in [0.2, 0.25) is 0 Å². The number of rotatable bonds is 6. The monoisotopic (exact) mass is 343 g/mol. The average Bonchev–Trinajstić information content (AvgIpc) is 3.05. The summed E-state index contributed by atoms with van der Waals surface area (Å²) in [6.07, 6.45) is 5.77. The van der Waals surface area contributed by atoms with Gasteiger partial charge in [0.15, 0.2) is 0 Å². The molecule has 2 aromatic rings. The van der Waals surface area contributed by atoms with Crippen LogP contribution in [0.15, 0.2) is 36.7 Å². The lowest BCUT2D eigenvalue weighted by atomic mass is 9.99. The number of aryl methyl sites for hydroxylation is 1. The van der Waals surface area contributed by atoms with Gasteiger partial charge in [0.25, 0.3) is 0 Å². The summed E-state index contributed by atoms with van der Waals surface area (Å²) in [6.45, 7) is 4.46. The Morgan fingerprint density at radius 1 is 1.28 bits per heavy atom. The van der Waals surface area contributed by atoms with Gasteiger partial charge in [-0.05, 0) is 49.6 Å². The molecule has 0 radical (unpaired) electrons. The van der Waals surface area contributed by atoms with Gasteiger partial charge >= 0.3 is 0 Å². The highest BCUT2D eigenvalue weighted by Crippen LogP contribution is 2.21. The number of carbonyl (C=O) groups excluding carboxylic acids is 1. The van der Waals surface area contributed by atoms with Crippen LogP contribution in [0.25, 0.3) is 0 Å². The topological polar surface area (TPSA) is 56.6 Å². The first-order valence-corrected chi connectivity index (χ1v) is 8.67. The second kappa shape index (κ2) is 8.05. The molecule has 0 bridgehead atoms. The Kier molecular flexibility index (Phi) is 5.58. The SMILES string of the molecule is COc1ccc(OC[C@H]2CCCN(C(=O)Cn3cc(C)cn3)C2)cc1. The molecule has 0 N–H and O–H groups in total. The molecule has 2 heterocycles. The number of hydrogen-bond donors (Lipinski definition) is 0. The Balaban J connectivity index is 1.49. The summed E-state index contributed by atoms with van der Waals surface area (Å²) in [5.74, 6) is 2.13. The normalized spacial score (nSPS) is 17.4. The summed E-state index contributed by atoms with van der Waals surface area (Å²) < 4.78 is 12.7. The van der Waals surface area contributed by atoms with Crippen molar-refractivity contribution < 1.29 is 14.3 Å². The first kappa shape index (κ1) is 17.3. The molecule has 134 valence electrons. The fourth-order valence-electron chi connectivity index (χ4n) is 3.11. The zero-order valence-electron chi connectivity index (χ0n) is 14.9. The molecule has 1 aliphatic rings. The minimum atomic E-state index is 0.122. The van der Waals surface area contributed by atoms with Gasteiger partial charge in [0.05, 0.1) is 19.9 Å². The number of methoxy groups -OCH3 is 1. The molecule has 3 rings (SSSR count). The molecule has 0 saturated carbocycles. The van der Waals surface area contributed by atoms with E-state index < -0.39 is 0 Å². The maximum Gasteiger partial charge on any atom is 0.244 e. The molecule has 1 atom stereocenters. The number of piperidine rings is 1.